The summed E-state index contributed by atoms with van der Waals surface area (Å²) in [4.78, 5) is 23.9. The minimum absolute atomic E-state index is 0.222. The molecule has 1 aliphatic heterocycles. The van der Waals surface area contributed by atoms with Gasteiger partial charge >= 0.3 is 6.03 Å². The third-order valence-corrected chi connectivity index (χ3v) is 4.95. The van der Waals surface area contributed by atoms with E-state index in [4.69, 9.17) is 14.7 Å². The quantitative estimate of drug-likeness (QED) is 0.579. The Morgan fingerprint density at radius 3 is 2.48 bits per heavy atom. The van der Waals surface area contributed by atoms with E-state index in [1.54, 1.807) is 0 Å². The average Bonchev–Trinajstić information content (AvgIpc) is 2.68. The molecule has 2 amide bonds. The second-order valence-corrected chi connectivity index (χ2v) is 8.97. The van der Waals surface area contributed by atoms with E-state index in [1.165, 1.54) is 11.8 Å². The molecule has 0 unspecified atom stereocenters. The summed E-state index contributed by atoms with van der Waals surface area (Å²) in [5, 5.41) is 5.75. The molecule has 0 spiro atoms. The zero-order valence-corrected chi connectivity index (χ0v) is 18.4. The number of nitrogens with one attached hydrogen (secondary N) is 2. The first-order chi connectivity index (χ1) is 13.8. The van der Waals surface area contributed by atoms with Gasteiger partial charge in [0.05, 0.1) is 25.2 Å². The number of hydrogen-bond acceptors (Lipinski definition) is 5. The molecule has 0 aliphatic carbocycles. The fraction of sp³-hybridized carbons (Fsp3) is 0.476. The maximum Gasteiger partial charge on any atom is 0.319 e. The lowest BCUT2D eigenvalue weighted by atomic mass is 10.1. The SMILES string of the molecule is C[SH+]Cc1cc(N2CCOCC2)nc(-c2ccc(NC(=O)NC(C)(C)C)cc2)n1. The highest BCUT2D eigenvalue weighted by Crippen LogP contribution is 2.23. The third-order valence-electron chi connectivity index (χ3n) is 4.31. The lowest BCUT2D eigenvalue weighted by molar-refractivity contribution is 0.122. The Balaban J connectivity index is 1.79. The Labute approximate surface area is 176 Å². The van der Waals surface area contributed by atoms with Crippen LogP contribution >= 0.6 is 0 Å². The summed E-state index contributed by atoms with van der Waals surface area (Å²) in [6.07, 6.45) is 2.12. The van der Waals surface area contributed by atoms with E-state index in [9.17, 15) is 4.79 Å². The number of nitrogens with zero attached hydrogens (tertiary/aromatic N) is 3. The molecule has 2 N–H and O–H groups in total. The Kier molecular flexibility index (Phi) is 6.97. The molecule has 2 aromatic rings. The van der Waals surface area contributed by atoms with Crippen LogP contribution in [0.25, 0.3) is 11.4 Å². The van der Waals surface area contributed by atoms with Gasteiger partial charge in [0.25, 0.3) is 0 Å². The second-order valence-electron chi connectivity index (χ2n) is 8.02. The van der Waals surface area contributed by atoms with Gasteiger partial charge in [-0.15, -0.1) is 0 Å². The van der Waals surface area contributed by atoms with E-state index in [0.29, 0.717) is 5.82 Å². The molecule has 2 heterocycles. The highest BCUT2D eigenvalue weighted by Gasteiger charge is 2.17. The van der Waals surface area contributed by atoms with Crippen LogP contribution < -0.4 is 15.5 Å². The van der Waals surface area contributed by atoms with Crippen LogP contribution in [0.1, 0.15) is 26.5 Å². The number of carbonyl (C=O) groups is 1. The van der Waals surface area contributed by atoms with Gasteiger partial charge in [0, 0.05) is 35.9 Å². The number of amides is 2. The maximum atomic E-state index is 12.1. The van der Waals surface area contributed by atoms with Crippen molar-refractivity contribution in [2.45, 2.75) is 32.1 Å². The number of aromatic nitrogens is 2. The smallest absolute Gasteiger partial charge is 0.319 e. The zero-order chi connectivity index (χ0) is 20.9. The monoisotopic (exact) mass is 416 g/mol. The van der Waals surface area contributed by atoms with Gasteiger partial charge < -0.3 is 20.3 Å². The first kappa shape index (κ1) is 21.4. The maximum absolute atomic E-state index is 12.1. The predicted molar refractivity (Wildman–Crippen MR) is 121 cm³/mol. The van der Waals surface area contributed by atoms with Crippen molar-refractivity contribution in [1.82, 2.24) is 15.3 Å². The van der Waals surface area contributed by atoms with Crippen molar-refractivity contribution in [3.05, 3.63) is 36.0 Å². The van der Waals surface area contributed by atoms with Crippen LogP contribution in [-0.4, -0.2) is 54.1 Å². The van der Waals surface area contributed by atoms with Crippen molar-refractivity contribution in [2.75, 3.05) is 42.8 Å². The first-order valence-corrected chi connectivity index (χ1v) is 11.3. The van der Waals surface area contributed by atoms with Crippen molar-refractivity contribution in [1.29, 1.82) is 0 Å². The summed E-state index contributed by atoms with van der Waals surface area (Å²) in [5.74, 6) is 2.54. The van der Waals surface area contributed by atoms with Crippen LogP contribution in [0.3, 0.4) is 0 Å². The second kappa shape index (κ2) is 9.45. The molecular formula is C21H30N5O2S+. The van der Waals surface area contributed by atoms with E-state index in [-0.39, 0.29) is 11.6 Å². The number of rotatable bonds is 5. The minimum atomic E-state index is -0.285. The molecule has 1 aliphatic rings. The van der Waals surface area contributed by atoms with Crippen LogP contribution in [0, 0.1) is 0 Å². The van der Waals surface area contributed by atoms with Gasteiger partial charge in [-0.1, -0.05) is 0 Å². The minimum Gasteiger partial charge on any atom is -0.378 e. The summed E-state index contributed by atoms with van der Waals surface area (Å²) in [7, 11) is 0. The number of hydrogen-bond donors (Lipinski definition) is 2. The summed E-state index contributed by atoms with van der Waals surface area (Å²) in [6.45, 7) is 8.96. The van der Waals surface area contributed by atoms with Gasteiger partial charge in [0.2, 0.25) is 0 Å². The van der Waals surface area contributed by atoms with Crippen LogP contribution in [0.15, 0.2) is 30.3 Å². The lowest BCUT2D eigenvalue weighted by Gasteiger charge is -2.28. The molecule has 7 nitrogen and oxygen atoms in total. The molecule has 0 atom stereocenters. The highest BCUT2D eigenvalue weighted by atomic mass is 32.2. The molecule has 29 heavy (non-hydrogen) atoms. The van der Waals surface area contributed by atoms with Crippen LogP contribution in [0.4, 0.5) is 16.3 Å². The van der Waals surface area contributed by atoms with Gasteiger partial charge in [-0.05, 0) is 56.8 Å². The van der Waals surface area contributed by atoms with E-state index in [2.05, 4.69) is 27.9 Å². The summed E-state index contributed by atoms with van der Waals surface area (Å²) < 4.78 is 5.46. The summed E-state index contributed by atoms with van der Waals surface area (Å²) in [6, 6.07) is 9.50. The highest BCUT2D eigenvalue weighted by molar-refractivity contribution is 7.76. The van der Waals surface area contributed by atoms with E-state index < -0.39 is 0 Å². The normalized spacial score (nSPS) is 14.6. The fourth-order valence-electron chi connectivity index (χ4n) is 3.02. The molecule has 1 fully saturated rings. The summed E-state index contributed by atoms with van der Waals surface area (Å²) >= 11 is 1.27. The zero-order valence-electron chi connectivity index (χ0n) is 17.5. The Hall–Kier alpha value is -2.32. The van der Waals surface area contributed by atoms with Crippen LogP contribution in [-0.2, 0) is 22.3 Å². The Morgan fingerprint density at radius 1 is 1.17 bits per heavy atom. The number of ether oxygens (including phenoxy) is 1. The molecule has 0 radical (unpaired) electrons. The molecule has 0 bridgehead atoms. The molecule has 1 aromatic carbocycles. The number of urea groups is 1. The van der Waals surface area contributed by atoms with Crippen molar-refractivity contribution in [2.24, 2.45) is 0 Å². The molecule has 3 rings (SSSR count). The molecular weight excluding hydrogens is 386 g/mol. The molecule has 0 saturated carbocycles. The number of thiol groups is 1. The van der Waals surface area contributed by atoms with E-state index in [0.717, 1.165) is 54.8 Å². The van der Waals surface area contributed by atoms with Gasteiger partial charge in [-0.25, -0.2) is 14.8 Å². The third kappa shape index (κ3) is 6.33. The van der Waals surface area contributed by atoms with Crippen LogP contribution in [0.2, 0.25) is 0 Å². The van der Waals surface area contributed by atoms with Crippen molar-refractivity contribution >= 4 is 29.3 Å². The predicted octanol–water partition coefficient (Wildman–Crippen LogP) is 2.84. The first-order valence-electron chi connectivity index (χ1n) is 9.80. The number of carbonyl (C=O) groups excluding carboxylic acids is 1. The van der Waals surface area contributed by atoms with Gasteiger partial charge in [0.1, 0.15) is 11.6 Å². The van der Waals surface area contributed by atoms with Gasteiger partial charge in [-0.2, -0.15) is 0 Å². The van der Waals surface area contributed by atoms with Crippen molar-refractivity contribution < 1.29 is 9.53 Å². The molecule has 1 saturated heterocycles. The average molecular weight is 417 g/mol. The van der Waals surface area contributed by atoms with Crippen molar-refractivity contribution in [3.8, 4) is 11.4 Å². The Bertz CT molecular complexity index is 830. The molecule has 1 aromatic heterocycles. The molecule has 156 valence electrons. The van der Waals surface area contributed by atoms with Crippen LogP contribution in [0.5, 0.6) is 0 Å². The van der Waals surface area contributed by atoms with Crippen molar-refractivity contribution in [3.63, 3.8) is 0 Å². The topological polar surface area (TPSA) is 79.4 Å². The standard InChI is InChI=1S/C21H29N5O2S/c1-21(2,3)25-20(27)23-16-7-5-15(6-8-16)19-22-17(14-29-4)13-18(24-19)26-9-11-28-12-10-26/h5-8,13H,9-12,14H2,1-4H3,(H2,23,25,27)/p+1. The fourth-order valence-corrected chi connectivity index (χ4v) is 3.50. The lowest BCUT2D eigenvalue weighted by Crippen LogP contribution is -2.43. The molecule has 8 heteroatoms. The van der Waals surface area contributed by atoms with E-state index >= 15 is 0 Å². The van der Waals surface area contributed by atoms with E-state index in [1.807, 2.05) is 45.0 Å². The number of morpholine rings is 1. The largest absolute Gasteiger partial charge is 0.378 e. The van der Waals surface area contributed by atoms with Gasteiger partial charge in [0.15, 0.2) is 5.82 Å². The number of benzene rings is 1. The van der Waals surface area contributed by atoms with Gasteiger partial charge in [-0.3, -0.25) is 0 Å². The summed E-state index contributed by atoms with van der Waals surface area (Å²) in [5.41, 5.74) is 2.41. The number of anilines is 2. The Morgan fingerprint density at radius 2 is 1.86 bits per heavy atom.